The van der Waals surface area contributed by atoms with Crippen molar-refractivity contribution in [2.45, 2.75) is 52.1 Å². The first kappa shape index (κ1) is 22.7. The number of thiazole rings is 1. The summed E-state index contributed by atoms with van der Waals surface area (Å²) in [7, 11) is 3.60. The molecule has 170 valence electrons. The fourth-order valence-corrected chi connectivity index (χ4v) is 5.10. The van der Waals surface area contributed by atoms with Gasteiger partial charge in [-0.25, -0.2) is 4.98 Å². The fourth-order valence-electron chi connectivity index (χ4n) is 4.29. The smallest absolute Gasteiger partial charge is 0.274 e. The average molecular weight is 452 g/mol. The summed E-state index contributed by atoms with van der Waals surface area (Å²) in [4.78, 5) is 19.2. The number of carbonyl (C=O) groups is 1. The molecule has 3 aromatic rings. The molecule has 6 nitrogen and oxygen atoms in total. The Kier molecular flexibility index (Phi) is 7.06. The maximum atomic E-state index is 12.8. The summed E-state index contributed by atoms with van der Waals surface area (Å²) in [5.41, 5.74) is 5.23. The van der Waals surface area contributed by atoms with Gasteiger partial charge in [0.2, 0.25) is 0 Å². The summed E-state index contributed by atoms with van der Waals surface area (Å²) in [6.07, 6.45) is 3.80. The van der Waals surface area contributed by atoms with Crippen molar-refractivity contribution in [3.63, 3.8) is 0 Å². The lowest BCUT2D eigenvalue weighted by molar-refractivity contribution is 0.0819. The van der Waals surface area contributed by atoms with E-state index in [2.05, 4.69) is 41.4 Å². The first-order valence-corrected chi connectivity index (χ1v) is 12.3. The van der Waals surface area contributed by atoms with Crippen LogP contribution in [0.2, 0.25) is 0 Å². The second-order valence-corrected chi connectivity index (χ2v) is 10.1. The number of amides is 1. The van der Waals surface area contributed by atoms with Crippen LogP contribution in [-0.2, 0) is 25.8 Å². The lowest BCUT2D eigenvalue weighted by atomic mass is 9.91. The van der Waals surface area contributed by atoms with Crippen molar-refractivity contribution >= 4 is 17.2 Å². The van der Waals surface area contributed by atoms with E-state index in [1.165, 1.54) is 11.3 Å². The Hall–Kier alpha value is -2.51. The zero-order valence-electron chi connectivity index (χ0n) is 19.5. The molecule has 1 amide bonds. The minimum Gasteiger partial charge on any atom is -0.343 e. The molecule has 1 aliphatic rings. The SMILES string of the molecule is CC(C)Cn1nc(C(=O)N(C)C)c2c1CCC(NCCc1nc(-c3ccccc3)cs1)C2. The Labute approximate surface area is 194 Å². The highest BCUT2D eigenvalue weighted by Crippen LogP contribution is 2.27. The molecule has 1 unspecified atom stereocenters. The van der Waals surface area contributed by atoms with Gasteiger partial charge in [0.1, 0.15) is 0 Å². The van der Waals surface area contributed by atoms with Crippen molar-refractivity contribution in [3.05, 3.63) is 57.7 Å². The van der Waals surface area contributed by atoms with Crippen LogP contribution in [0, 0.1) is 5.92 Å². The zero-order valence-corrected chi connectivity index (χ0v) is 20.3. The van der Waals surface area contributed by atoms with Crippen LogP contribution in [0.1, 0.15) is 47.0 Å². The summed E-state index contributed by atoms with van der Waals surface area (Å²) in [6.45, 7) is 6.13. The molecule has 32 heavy (non-hydrogen) atoms. The topological polar surface area (TPSA) is 63.1 Å². The molecule has 0 saturated carbocycles. The van der Waals surface area contributed by atoms with Crippen molar-refractivity contribution < 1.29 is 4.79 Å². The molecule has 1 atom stereocenters. The number of fused-ring (bicyclic) bond motifs is 1. The van der Waals surface area contributed by atoms with E-state index in [4.69, 9.17) is 10.1 Å². The van der Waals surface area contributed by atoms with E-state index in [9.17, 15) is 4.79 Å². The number of nitrogens with zero attached hydrogens (tertiary/aromatic N) is 4. The van der Waals surface area contributed by atoms with E-state index < -0.39 is 0 Å². The molecular weight excluding hydrogens is 418 g/mol. The zero-order chi connectivity index (χ0) is 22.7. The van der Waals surface area contributed by atoms with E-state index in [-0.39, 0.29) is 5.91 Å². The van der Waals surface area contributed by atoms with Crippen molar-refractivity contribution in [2.75, 3.05) is 20.6 Å². The van der Waals surface area contributed by atoms with Crippen molar-refractivity contribution in [1.82, 2.24) is 25.0 Å². The van der Waals surface area contributed by atoms with Crippen LogP contribution < -0.4 is 5.32 Å². The summed E-state index contributed by atoms with van der Waals surface area (Å²) in [5, 5.41) is 11.7. The van der Waals surface area contributed by atoms with Crippen LogP contribution >= 0.6 is 11.3 Å². The molecule has 0 spiro atoms. The molecule has 1 aliphatic carbocycles. The Bertz CT molecular complexity index is 1050. The molecule has 0 saturated heterocycles. The monoisotopic (exact) mass is 451 g/mol. The van der Waals surface area contributed by atoms with E-state index in [1.807, 2.05) is 18.2 Å². The van der Waals surface area contributed by atoms with E-state index >= 15 is 0 Å². The Balaban J connectivity index is 1.39. The van der Waals surface area contributed by atoms with Crippen LogP contribution in [-0.4, -0.2) is 52.3 Å². The minimum absolute atomic E-state index is 0.000586. The Morgan fingerprint density at radius 2 is 2.06 bits per heavy atom. The summed E-state index contributed by atoms with van der Waals surface area (Å²) in [6, 6.07) is 10.7. The number of carbonyl (C=O) groups excluding carboxylic acids is 1. The molecule has 0 aliphatic heterocycles. The summed E-state index contributed by atoms with van der Waals surface area (Å²) >= 11 is 1.72. The fraction of sp³-hybridized carbons (Fsp3) is 0.480. The average Bonchev–Trinajstić information content (AvgIpc) is 3.38. The van der Waals surface area contributed by atoms with Crippen LogP contribution in [0.15, 0.2) is 35.7 Å². The van der Waals surface area contributed by atoms with Crippen LogP contribution in [0.3, 0.4) is 0 Å². The molecule has 7 heteroatoms. The van der Waals surface area contributed by atoms with Gasteiger partial charge < -0.3 is 10.2 Å². The van der Waals surface area contributed by atoms with E-state index in [0.717, 1.165) is 55.0 Å². The maximum Gasteiger partial charge on any atom is 0.274 e. The summed E-state index contributed by atoms with van der Waals surface area (Å²) < 4.78 is 2.08. The quantitative estimate of drug-likeness (QED) is 0.561. The Morgan fingerprint density at radius 1 is 1.28 bits per heavy atom. The minimum atomic E-state index is 0.000586. The normalized spacial score (nSPS) is 15.7. The van der Waals surface area contributed by atoms with Crippen LogP contribution in [0.5, 0.6) is 0 Å². The predicted molar refractivity (Wildman–Crippen MR) is 130 cm³/mol. The third-order valence-corrected chi connectivity index (χ3v) is 6.80. The first-order chi connectivity index (χ1) is 15.4. The van der Waals surface area contributed by atoms with Crippen molar-refractivity contribution in [2.24, 2.45) is 5.92 Å². The van der Waals surface area contributed by atoms with Crippen LogP contribution in [0.25, 0.3) is 11.3 Å². The van der Waals surface area contributed by atoms with Gasteiger partial charge in [0, 0.05) is 61.8 Å². The summed E-state index contributed by atoms with van der Waals surface area (Å²) in [5.74, 6) is 0.497. The molecule has 0 bridgehead atoms. The van der Waals surface area contributed by atoms with E-state index in [1.54, 1.807) is 30.3 Å². The molecule has 2 heterocycles. The highest BCUT2D eigenvalue weighted by atomic mass is 32.1. The van der Waals surface area contributed by atoms with Gasteiger partial charge in [-0.3, -0.25) is 9.48 Å². The second-order valence-electron chi connectivity index (χ2n) is 9.19. The first-order valence-electron chi connectivity index (χ1n) is 11.5. The van der Waals surface area contributed by atoms with Gasteiger partial charge in [0.05, 0.1) is 10.7 Å². The molecule has 0 radical (unpaired) electrons. The highest BCUT2D eigenvalue weighted by molar-refractivity contribution is 7.09. The van der Waals surface area contributed by atoms with Gasteiger partial charge >= 0.3 is 0 Å². The van der Waals surface area contributed by atoms with Crippen molar-refractivity contribution in [3.8, 4) is 11.3 Å². The molecule has 4 rings (SSSR count). The number of rotatable bonds is 8. The van der Waals surface area contributed by atoms with Gasteiger partial charge in [-0.05, 0) is 25.2 Å². The lowest BCUT2D eigenvalue weighted by Gasteiger charge is -2.25. The number of aromatic nitrogens is 3. The van der Waals surface area contributed by atoms with Crippen molar-refractivity contribution in [1.29, 1.82) is 0 Å². The number of nitrogens with one attached hydrogen (secondary N) is 1. The molecule has 2 aromatic heterocycles. The van der Waals surface area contributed by atoms with Crippen LogP contribution in [0.4, 0.5) is 0 Å². The standard InChI is InChI=1S/C25H33N5OS/c1-17(2)15-30-22-11-10-19(14-20(22)24(28-30)25(31)29(3)4)26-13-12-23-27-21(16-32-23)18-8-6-5-7-9-18/h5-9,16-17,19,26H,10-15H2,1-4H3. The maximum absolute atomic E-state index is 12.8. The number of hydrogen-bond acceptors (Lipinski definition) is 5. The largest absolute Gasteiger partial charge is 0.343 e. The van der Waals surface area contributed by atoms with E-state index in [0.29, 0.717) is 17.7 Å². The third kappa shape index (κ3) is 5.10. The highest BCUT2D eigenvalue weighted by Gasteiger charge is 2.29. The van der Waals surface area contributed by atoms with Gasteiger partial charge in [-0.15, -0.1) is 11.3 Å². The number of benzene rings is 1. The number of hydrogen-bond donors (Lipinski definition) is 1. The van der Waals surface area contributed by atoms with Gasteiger partial charge in [-0.2, -0.15) is 5.10 Å². The molecule has 0 fully saturated rings. The third-order valence-electron chi connectivity index (χ3n) is 5.89. The van der Waals surface area contributed by atoms with Gasteiger partial charge in [0.25, 0.3) is 5.91 Å². The van der Waals surface area contributed by atoms with Gasteiger partial charge in [0.15, 0.2) is 5.69 Å². The second kappa shape index (κ2) is 9.96. The van der Waals surface area contributed by atoms with Gasteiger partial charge in [-0.1, -0.05) is 44.2 Å². The lowest BCUT2D eigenvalue weighted by Crippen LogP contribution is -2.36. The Morgan fingerprint density at radius 3 is 2.78 bits per heavy atom. The molecule has 1 N–H and O–H groups in total. The predicted octanol–water partition coefficient (Wildman–Crippen LogP) is 4.05. The molecule has 1 aromatic carbocycles. The molecular formula is C25H33N5OS.